The summed E-state index contributed by atoms with van der Waals surface area (Å²) in [6.07, 6.45) is 1.54. The molecule has 0 radical (unpaired) electrons. The number of hydrogen-bond acceptors (Lipinski definition) is 8. The van der Waals surface area contributed by atoms with Crippen molar-refractivity contribution in [3.05, 3.63) is 56.0 Å². The fourth-order valence-electron chi connectivity index (χ4n) is 3.18. The molecular formula is C24H23IN2O7S. The summed E-state index contributed by atoms with van der Waals surface area (Å²) >= 11 is 2.77. The van der Waals surface area contributed by atoms with Gasteiger partial charge in [-0.25, -0.2) is 4.79 Å². The standard InChI is InChI=1S/C24H23IN2O7S/c1-13-5-7-16(8-6-13)26-20(28)12-34-21-17(25)9-15(10-18(21)32-3)11-19-22(29)27(24(31)35-19)14(2)23(30)33-4/h5-11,14H,12H2,1-4H3,(H,26,28)/b19-11+/t14-/m1/s1. The molecule has 1 atom stereocenters. The molecule has 0 unspecified atom stereocenters. The molecule has 1 fully saturated rings. The monoisotopic (exact) mass is 610 g/mol. The summed E-state index contributed by atoms with van der Waals surface area (Å²) in [6, 6.07) is 9.73. The Morgan fingerprint density at radius 3 is 2.49 bits per heavy atom. The Labute approximate surface area is 220 Å². The first-order valence-electron chi connectivity index (χ1n) is 10.4. The molecule has 1 heterocycles. The summed E-state index contributed by atoms with van der Waals surface area (Å²) in [5.41, 5.74) is 2.33. The van der Waals surface area contributed by atoms with Crippen molar-refractivity contribution in [2.24, 2.45) is 0 Å². The molecule has 3 rings (SSSR count). The molecule has 2 aromatic rings. The van der Waals surface area contributed by atoms with E-state index in [2.05, 4.69) is 10.1 Å². The number of esters is 1. The lowest BCUT2D eigenvalue weighted by atomic mass is 10.1. The molecular weight excluding hydrogens is 587 g/mol. The first kappa shape index (κ1) is 26.5. The SMILES string of the molecule is COC(=O)[C@@H](C)N1C(=O)S/C(=C/c2cc(I)c(OCC(=O)Nc3ccc(C)cc3)c(OC)c2)C1=O. The number of anilines is 1. The number of rotatable bonds is 8. The molecule has 35 heavy (non-hydrogen) atoms. The van der Waals surface area contributed by atoms with Crippen LogP contribution in [0, 0.1) is 10.5 Å². The van der Waals surface area contributed by atoms with E-state index in [0.29, 0.717) is 26.3 Å². The molecule has 1 aliphatic rings. The molecule has 1 aliphatic heterocycles. The van der Waals surface area contributed by atoms with Crippen LogP contribution in [0.25, 0.3) is 6.08 Å². The average Bonchev–Trinajstić information content (AvgIpc) is 3.10. The van der Waals surface area contributed by atoms with E-state index in [1.54, 1.807) is 24.3 Å². The van der Waals surface area contributed by atoms with Crippen molar-refractivity contribution < 1.29 is 33.4 Å². The number of hydrogen-bond donors (Lipinski definition) is 1. The third-order valence-electron chi connectivity index (χ3n) is 4.99. The lowest BCUT2D eigenvalue weighted by Gasteiger charge is -2.18. The number of imide groups is 1. The quantitative estimate of drug-likeness (QED) is 0.269. The molecule has 9 nitrogen and oxygen atoms in total. The fourth-order valence-corrected chi connectivity index (χ4v) is 4.87. The van der Waals surface area contributed by atoms with Gasteiger partial charge in [-0.05, 0) is 84.1 Å². The van der Waals surface area contributed by atoms with Gasteiger partial charge in [-0.1, -0.05) is 17.7 Å². The highest BCUT2D eigenvalue weighted by Gasteiger charge is 2.41. The minimum absolute atomic E-state index is 0.162. The second-order valence-corrected chi connectivity index (χ2v) is 9.64. The Kier molecular flexibility index (Phi) is 8.78. The number of nitrogens with one attached hydrogen (secondary N) is 1. The van der Waals surface area contributed by atoms with Crippen LogP contribution in [0.1, 0.15) is 18.1 Å². The van der Waals surface area contributed by atoms with Gasteiger partial charge in [0, 0.05) is 5.69 Å². The molecule has 0 aromatic heterocycles. The first-order valence-corrected chi connectivity index (χ1v) is 12.3. The van der Waals surface area contributed by atoms with Gasteiger partial charge in [-0.3, -0.25) is 19.3 Å². The van der Waals surface area contributed by atoms with Crippen LogP contribution in [0.5, 0.6) is 11.5 Å². The van der Waals surface area contributed by atoms with Crippen molar-refractivity contribution in [3.63, 3.8) is 0 Å². The van der Waals surface area contributed by atoms with E-state index >= 15 is 0 Å². The van der Waals surface area contributed by atoms with Crippen molar-refractivity contribution in [1.82, 2.24) is 4.90 Å². The zero-order chi connectivity index (χ0) is 25.7. The van der Waals surface area contributed by atoms with E-state index in [4.69, 9.17) is 9.47 Å². The highest BCUT2D eigenvalue weighted by Crippen LogP contribution is 2.38. The highest BCUT2D eigenvalue weighted by atomic mass is 127. The topological polar surface area (TPSA) is 111 Å². The highest BCUT2D eigenvalue weighted by molar-refractivity contribution is 14.1. The number of ether oxygens (including phenoxy) is 3. The van der Waals surface area contributed by atoms with Gasteiger partial charge >= 0.3 is 5.97 Å². The van der Waals surface area contributed by atoms with Gasteiger partial charge in [0.1, 0.15) is 6.04 Å². The van der Waals surface area contributed by atoms with E-state index in [1.165, 1.54) is 27.2 Å². The van der Waals surface area contributed by atoms with Crippen molar-refractivity contribution in [2.75, 3.05) is 26.1 Å². The van der Waals surface area contributed by atoms with Crippen molar-refractivity contribution in [3.8, 4) is 11.5 Å². The molecule has 0 saturated carbocycles. The Bertz CT molecular complexity index is 1200. The average molecular weight is 610 g/mol. The maximum absolute atomic E-state index is 12.7. The number of thioether (sulfide) groups is 1. The number of carbonyl (C=O) groups excluding carboxylic acids is 4. The summed E-state index contributed by atoms with van der Waals surface area (Å²) in [5, 5.41) is 2.21. The summed E-state index contributed by atoms with van der Waals surface area (Å²) in [6.45, 7) is 3.16. The van der Waals surface area contributed by atoms with E-state index in [1.807, 2.05) is 41.6 Å². The minimum atomic E-state index is -1.03. The van der Waals surface area contributed by atoms with Crippen LogP contribution in [-0.4, -0.2) is 54.8 Å². The second-order valence-electron chi connectivity index (χ2n) is 7.49. The van der Waals surface area contributed by atoms with Gasteiger partial charge in [-0.2, -0.15) is 0 Å². The molecule has 184 valence electrons. The van der Waals surface area contributed by atoms with Gasteiger partial charge in [-0.15, -0.1) is 0 Å². The minimum Gasteiger partial charge on any atom is -0.493 e. The molecule has 2 aromatic carbocycles. The van der Waals surface area contributed by atoms with Crippen LogP contribution >= 0.6 is 34.4 Å². The third-order valence-corrected chi connectivity index (χ3v) is 6.67. The maximum atomic E-state index is 12.7. The zero-order valence-corrected chi connectivity index (χ0v) is 22.4. The normalized spacial score (nSPS) is 15.2. The molecule has 0 bridgehead atoms. The van der Waals surface area contributed by atoms with E-state index in [9.17, 15) is 19.2 Å². The Balaban J connectivity index is 1.75. The molecule has 3 amide bonds. The lowest BCUT2D eigenvalue weighted by molar-refractivity contribution is -0.148. The number of methoxy groups -OCH3 is 2. The number of nitrogens with zero attached hydrogens (tertiary/aromatic N) is 1. The second kappa shape index (κ2) is 11.6. The van der Waals surface area contributed by atoms with Gasteiger partial charge in [0.25, 0.3) is 17.1 Å². The van der Waals surface area contributed by atoms with Gasteiger partial charge in [0.05, 0.1) is 22.7 Å². The molecule has 0 aliphatic carbocycles. The number of halogens is 1. The predicted octanol–water partition coefficient (Wildman–Crippen LogP) is 4.22. The van der Waals surface area contributed by atoms with Crippen LogP contribution in [0.4, 0.5) is 10.5 Å². The van der Waals surface area contributed by atoms with Gasteiger partial charge < -0.3 is 19.5 Å². The fraction of sp³-hybridized carbons (Fsp3) is 0.250. The smallest absolute Gasteiger partial charge is 0.328 e. The summed E-state index contributed by atoms with van der Waals surface area (Å²) < 4.78 is 16.4. The van der Waals surface area contributed by atoms with E-state index in [0.717, 1.165) is 22.2 Å². The number of carbonyl (C=O) groups is 4. The van der Waals surface area contributed by atoms with Gasteiger partial charge in [0.2, 0.25) is 0 Å². The summed E-state index contributed by atoms with van der Waals surface area (Å²) in [7, 11) is 2.65. The first-order chi connectivity index (χ1) is 16.6. The summed E-state index contributed by atoms with van der Waals surface area (Å²) in [4.78, 5) is 50.2. The van der Waals surface area contributed by atoms with Crippen molar-refractivity contribution >= 4 is 69.1 Å². The maximum Gasteiger partial charge on any atom is 0.328 e. The van der Waals surface area contributed by atoms with Crippen LogP contribution in [0.3, 0.4) is 0 Å². The summed E-state index contributed by atoms with van der Waals surface area (Å²) in [5.74, 6) is -0.869. The molecule has 1 N–H and O–H groups in total. The van der Waals surface area contributed by atoms with Crippen LogP contribution in [0.15, 0.2) is 41.3 Å². The Hall–Kier alpha value is -3.06. The largest absolute Gasteiger partial charge is 0.493 e. The third kappa shape index (κ3) is 6.34. The van der Waals surface area contributed by atoms with Crippen molar-refractivity contribution in [1.29, 1.82) is 0 Å². The van der Waals surface area contributed by atoms with Crippen LogP contribution < -0.4 is 14.8 Å². The Morgan fingerprint density at radius 2 is 1.86 bits per heavy atom. The lowest BCUT2D eigenvalue weighted by Crippen LogP contribution is -2.42. The zero-order valence-electron chi connectivity index (χ0n) is 19.4. The molecule has 1 saturated heterocycles. The number of aryl methyl sites for hydroxylation is 1. The van der Waals surface area contributed by atoms with Crippen LogP contribution in [-0.2, 0) is 19.1 Å². The van der Waals surface area contributed by atoms with Gasteiger partial charge in [0.15, 0.2) is 18.1 Å². The molecule has 0 spiro atoms. The number of amides is 3. The van der Waals surface area contributed by atoms with E-state index < -0.39 is 23.2 Å². The van der Waals surface area contributed by atoms with Crippen LogP contribution in [0.2, 0.25) is 0 Å². The predicted molar refractivity (Wildman–Crippen MR) is 140 cm³/mol. The van der Waals surface area contributed by atoms with E-state index in [-0.39, 0.29) is 17.4 Å². The Morgan fingerprint density at radius 1 is 1.17 bits per heavy atom. The number of benzene rings is 2. The van der Waals surface area contributed by atoms with Crippen molar-refractivity contribution in [2.45, 2.75) is 19.9 Å². The molecule has 11 heteroatoms.